The lowest BCUT2D eigenvalue weighted by atomic mass is 10.2. The van der Waals surface area contributed by atoms with Crippen LogP contribution in [-0.4, -0.2) is 25.9 Å². The smallest absolute Gasteiger partial charge is 0.272 e. The number of nitro groups is 1. The standard InChI is InChI=1S/C15H15N3O6S/c1-11-5-2-3-8-14(11)24-10-15(19)16-17-25(22,23)13-7-4-6-12(9-13)18(20)21/h2-9,17H,10H2,1H3,(H,16,19). The van der Waals surface area contributed by atoms with E-state index in [1.165, 1.54) is 12.1 Å². The van der Waals surface area contributed by atoms with Crippen molar-refractivity contribution in [2.24, 2.45) is 0 Å². The second-order valence-electron chi connectivity index (χ2n) is 4.96. The SMILES string of the molecule is Cc1ccccc1OCC(=O)NNS(=O)(=O)c1cccc([N+](=O)[O-])c1. The van der Waals surface area contributed by atoms with E-state index in [2.05, 4.69) is 0 Å². The molecule has 25 heavy (non-hydrogen) atoms. The fourth-order valence-corrected chi connectivity index (χ4v) is 2.74. The molecule has 0 bridgehead atoms. The van der Waals surface area contributed by atoms with Gasteiger partial charge in [-0.05, 0) is 24.6 Å². The number of para-hydroxylation sites is 1. The van der Waals surface area contributed by atoms with E-state index in [1.807, 2.05) is 16.3 Å². The van der Waals surface area contributed by atoms with Gasteiger partial charge >= 0.3 is 0 Å². The van der Waals surface area contributed by atoms with E-state index < -0.39 is 27.5 Å². The predicted molar refractivity (Wildman–Crippen MR) is 88.2 cm³/mol. The van der Waals surface area contributed by atoms with Crippen molar-refractivity contribution in [3.63, 3.8) is 0 Å². The van der Waals surface area contributed by atoms with Crippen LogP contribution >= 0.6 is 0 Å². The van der Waals surface area contributed by atoms with Gasteiger partial charge in [0.25, 0.3) is 21.6 Å². The molecule has 132 valence electrons. The molecule has 0 atom stereocenters. The van der Waals surface area contributed by atoms with Gasteiger partial charge in [-0.1, -0.05) is 24.3 Å². The number of aryl methyl sites for hydroxylation is 1. The Kier molecular flexibility index (Phi) is 5.67. The maximum atomic E-state index is 12.1. The number of benzene rings is 2. The van der Waals surface area contributed by atoms with Crippen LogP contribution in [0.15, 0.2) is 53.4 Å². The fourth-order valence-electron chi connectivity index (χ4n) is 1.85. The molecule has 1 amide bonds. The number of ether oxygens (including phenoxy) is 1. The van der Waals surface area contributed by atoms with Crippen molar-refractivity contribution in [2.45, 2.75) is 11.8 Å². The molecule has 2 rings (SSSR count). The number of hydrogen-bond acceptors (Lipinski definition) is 6. The normalized spacial score (nSPS) is 10.9. The average molecular weight is 365 g/mol. The summed E-state index contributed by atoms with van der Waals surface area (Å²) in [5.41, 5.74) is 2.44. The summed E-state index contributed by atoms with van der Waals surface area (Å²) < 4.78 is 29.4. The number of hydrazine groups is 1. The third kappa shape index (κ3) is 4.99. The van der Waals surface area contributed by atoms with Crippen LogP contribution in [-0.2, 0) is 14.8 Å². The molecule has 0 radical (unpaired) electrons. The molecule has 0 fully saturated rings. The number of carbonyl (C=O) groups excluding carboxylic acids is 1. The van der Waals surface area contributed by atoms with Crippen LogP contribution in [0, 0.1) is 17.0 Å². The highest BCUT2D eigenvalue weighted by atomic mass is 32.2. The van der Waals surface area contributed by atoms with Gasteiger partial charge in [-0.2, -0.15) is 0 Å². The summed E-state index contributed by atoms with van der Waals surface area (Å²) in [6.45, 7) is 1.40. The summed E-state index contributed by atoms with van der Waals surface area (Å²) in [5.74, 6) is -0.226. The van der Waals surface area contributed by atoms with Gasteiger partial charge in [0.2, 0.25) is 0 Å². The molecule has 10 heteroatoms. The molecule has 0 aliphatic rings. The zero-order chi connectivity index (χ0) is 18.4. The maximum Gasteiger partial charge on any atom is 0.272 e. The van der Waals surface area contributed by atoms with Gasteiger partial charge < -0.3 is 4.74 Å². The molecule has 0 unspecified atom stereocenters. The lowest BCUT2D eigenvalue weighted by Gasteiger charge is -2.10. The van der Waals surface area contributed by atoms with Gasteiger partial charge in [-0.3, -0.25) is 20.3 Å². The summed E-state index contributed by atoms with van der Waals surface area (Å²) in [5, 5.41) is 10.7. The number of non-ortho nitro benzene ring substituents is 1. The topological polar surface area (TPSA) is 128 Å². The Hall–Kier alpha value is -2.98. The molecule has 0 spiro atoms. The van der Waals surface area contributed by atoms with Crippen LogP contribution in [0.2, 0.25) is 0 Å². The molecule has 0 aliphatic carbocycles. The van der Waals surface area contributed by atoms with E-state index in [0.717, 1.165) is 17.7 Å². The predicted octanol–water partition coefficient (Wildman–Crippen LogP) is 1.29. The molecular weight excluding hydrogens is 350 g/mol. The quantitative estimate of drug-likeness (QED) is 0.562. The van der Waals surface area contributed by atoms with Crippen LogP contribution in [0.4, 0.5) is 5.69 Å². The van der Waals surface area contributed by atoms with Gasteiger partial charge in [0.05, 0.1) is 9.82 Å². The first-order chi connectivity index (χ1) is 11.8. The highest BCUT2D eigenvalue weighted by Crippen LogP contribution is 2.17. The molecular formula is C15H15N3O6S. The van der Waals surface area contributed by atoms with Crippen molar-refractivity contribution in [1.82, 2.24) is 10.3 Å². The first-order valence-corrected chi connectivity index (χ1v) is 8.51. The number of carbonyl (C=O) groups is 1. The van der Waals surface area contributed by atoms with E-state index in [9.17, 15) is 23.3 Å². The minimum Gasteiger partial charge on any atom is -0.483 e. The molecule has 2 N–H and O–H groups in total. The first kappa shape index (κ1) is 18.4. The lowest BCUT2D eigenvalue weighted by Crippen LogP contribution is -2.43. The third-order valence-electron chi connectivity index (χ3n) is 3.12. The summed E-state index contributed by atoms with van der Waals surface area (Å²) in [4.78, 5) is 23.2. The summed E-state index contributed by atoms with van der Waals surface area (Å²) in [7, 11) is -4.14. The molecule has 2 aromatic rings. The minimum absolute atomic E-state index is 0.346. The van der Waals surface area contributed by atoms with E-state index in [4.69, 9.17) is 4.74 Å². The maximum absolute atomic E-state index is 12.1. The van der Waals surface area contributed by atoms with E-state index in [-0.39, 0.29) is 10.6 Å². The Labute approximate surface area is 143 Å². The second-order valence-corrected chi connectivity index (χ2v) is 6.64. The third-order valence-corrected chi connectivity index (χ3v) is 4.36. The van der Waals surface area contributed by atoms with Crippen molar-refractivity contribution < 1.29 is 22.9 Å². The number of hydrogen-bond donors (Lipinski definition) is 2. The average Bonchev–Trinajstić information content (AvgIpc) is 2.59. The second kappa shape index (κ2) is 7.73. The summed E-state index contributed by atoms with van der Waals surface area (Å²) in [6.07, 6.45) is 0. The molecule has 0 saturated carbocycles. The van der Waals surface area contributed by atoms with Gasteiger partial charge in [-0.15, -0.1) is 4.83 Å². The van der Waals surface area contributed by atoms with Gasteiger partial charge in [0.15, 0.2) is 6.61 Å². The van der Waals surface area contributed by atoms with E-state index >= 15 is 0 Å². The number of nitro benzene ring substituents is 1. The Bertz CT molecular complexity index is 898. The zero-order valence-corrected chi connectivity index (χ0v) is 13.9. The number of amides is 1. The Morgan fingerprint density at radius 1 is 1.20 bits per heavy atom. The number of nitrogens with one attached hydrogen (secondary N) is 2. The molecule has 0 saturated heterocycles. The van der Waals surface area contributed by atoms with Crippen molar-refractivity contribution >= 4 is 21.6 Å². The van der Waals surface area contributed by atoms with Crippen molar-refractivity contribution in [1.29, 1.82) is 0 Å². The van der Waals surface area contributed by atoms with Crippen LogP contribution < -0.4 is 15.0 Å². The zero-order valence-electron chi connectivity index (χ0n) is 13.1. The van der Waals surface area contributed by atoms with Crippen molar-refractivity contribution in [3.8, 4) is 5.75 Å². The van der Waals surface area contributed by atoms with Crippen LogP contribution in [0.1, 0.15) is 5.56 Å². The van der Waals surface area contributed by atoms with Crippen molar-refractivity contribution in [2.75, 3.05) is 6.61 Å². The van der Waals surface area contributed by atoms with Gasteiger partial charge in [-0.25, -0.2) is 8.42 Å². The Balaban J connectivity index is 1.95. The molecule has 2 aromatic carbocycles. The highest BCUT2D eigenvalue weighted by Gasteiger charge is 2.18. The van der Waals surface area contributed by atoms with Gasteiger partial charge in [0, 0.05) is 12.1 Å². The number of nitrogens with zero attached hydrogens (tertiary/aromatic N) is 1. The van der Waals surface area contributed by atoms with E-state index in [0.29, 0.717) is 5.75 Å². The lowest BCUT2D eigenvalue weighted by molar-refractivity contribution is -0.385. The Morgan fingerprint density at radius 2 is 1.92 bits per heavy atom. The fraction of sp³-hybridized carbons (Fsp3) is 0.133. The molecule has 0 aliphatic heterocycles. The van der Waals surface area contributed by atoms with Crippen LogP contribution in [0.25, 0.3) is 0 Å². The number of rotatable bonds is 7. The van der Waals surface area contributed by atoms with Crippen molar-refractivity contribution in [3.05, 3.63) is 64.2 Å². The van der Waals surface area contributed by atoms with Crippen LogP contribution in [0.3, 0.4) is 0 Å². The molecule has 0 aromatic heterocycles. The monoisotopic (exact) mass is 365 g/mol. The Morgan fingerprint density at radius 3 is 2.60 bits per heavy atom. The van der Waals surface area contributed by atoms with Crippen LogP contribution in [0.5, 0.6) is 5.75 Å². The number of sulfonamides is 1. The molecule has 0 heterocycles. The van der Waals surface area contributed by atoms with Gasteiger partial charge in [0.1, 0.15) is 5.75 Å². The first-order valence-electron chi connectivity index (χ1n) is 7.03. The summed E-state index contributed by atoms with van der Waals surface area (Å²) in [6, 6.07) is 11.5. The minimum atomic E-state index is -4.14. The van der Waals surface area contributed by atoms with E-state index in [1.54, 1.807) is 25.1 Å². The highest BCUT2D eigenvalue weighted by molar-refractivity contribution is 7.89. The largest absolute Gasteiger partial charge is 0.483 e. The summed E-state index contributed by atoms with van der Waals surface area (Å²) >= 11 is 0. The molecule has 9 nitrogen and oxygen atoms in total.